The third kappa shape index (κ3) is 2.38. The molecule has 18 heavy (non-hydrogen) atoms. The van der Waals surface area contributed by atoms with Crippen molar-refractivity contribution in [2.24, 2.45) is 0 Å². The minimum atomic E-state index is 0.503. The maximum Gasteiger partial charge on any atom is 0.134 e. The first kappa shape index (κ1) is 12.0. The zero-order chi connectivity index (χ0) is 12.4. The van der Waals surface area contributed by atoms with Crippen LogP contribution in [0.1, 0.15) is 12.8 Å². The molecule has 0 amide bonds. The van der Waals surface area contributed by atoms with Crippen molar-refractivity contribution in [3.8, 4) is 5.75 Å². The maximum absolute atomic E-state index is 5.92. The van der Waals surface area contributed by atoms with Crippen LogP contribution in [0.25, 0.3) is 10.8 Å². The van der Waals surface area contributed by atoms with Crippen molar-refractivity contribution in [1.82, 2.24) is 5.32 Å². The average Bonchev–Trinajstić information content (AvgIpc) is 2.91. The van der Waals surface area contributed by atoms with E-state index in [-0.39, 0.29) is 0 Å². The average molecular weight is 306 g/mol. The van der Waals surface area contributed by atoms with Crippen molar-refractivity contribution in [3.63, 3.8) is 0 Å². The van der Waals surface area contributed by atoms with E-state index in [9.17, 15) is 0 Å². The highest BCUT2D eigenvalue weighted by Crippen LogP contribution is 2.33. The maximum atomic E-state index is 5.92. The summed E-state index contributed by atoms with van der Waals surface area (Å²) >= 11 is 3.65. The molecule has 2 aromatic rings. The second kappa shape index (κ2) is 5.29. The molecule has 94 valence electrons. The fourth-order valence-corrected chi connectivity index (χ4v) is 3.02. The largest absolute Gasteiger partial charge is 0.491 e. The van der Waals surface area contributed by atoms with Crippen LogP contribution < -0.4 is 10.1 Å². The van der Waals surface area contributed by atoms with Gasteiger partial charge in [-0.2, -0.15) is 0 Å². The van der Waals surface area contributed by atoms with Gasteiger partial charge in [-0.1, -0.05) is 30.3 Å². The summed E-state index contributed by atoms with van der Waals surface area (Å²) in [6.07, 6.45) is 2.47. The molecule has 1 N–H and O–H groups in total. The van der Waals surface area contributed by atoms with Crippen LogP contribution in [0.4, 0.5) is 0 Å². The number of hydrogen-bond acceptors (Lipinski definition) is 2. The number of fused-ring (bicyclic) bond motifs is 1. The Balaban J connectivity index is 1.81. The highest BCUT2D eigenvalue weighted by atomic mass is 79.9. The van der Waals surface area contributed by atoms with Gasteiger partial charge in [0.15, 0.2) is 0 Å². The first-order chi connectivity index (χ1) is 8.84. The van der Waals surface area contributed by atoms with E-state index < -0.39 is 0 Å². The Morgan fingerprint density at radius 2 is 2.11 bits per heavy atom. The van der Waals surface area contributed by atoms with Crippen molar-refractivity contribution in [3.05, 3.63) is 40.9 Å². The van der Waals surface area contributed by atoms with E-state index in [0.29, 0.717) is 6.04 Å². The SMILES string of the molecule is Brc1c(OC[C@H]2CCCN2)ccc2ccccc12. The van der Waals surface area contributed by atoms with Gasteiger partial charge in [-0.15, -0.1) is 0 Å². The second-order valence-corrected chi connectivity index (χ2v) is 5.50. The minimum Gasteiger partial charge on any atom is -0.491 e. The lowest BCUT2D eigenvalue weighted by atomic mass is 10.1. The molecular weight excluding hydrogens is 290 g/mol. The molecule has 0 aromatic heterocycles. The van der Waals surface area contributed by atoms with Crippen LogP contribution in [-0.2, 0) is 0 Å². The summed E-state index contributed by atoms with van der Waals surface area (Å²) in [6, 6.07) is 13.0. The molecule has 1 fully saturated rings. The van der Waals surface area contributed by atoms with Crippen LogP contribution in [0.5, 0.6) is 5.75 Å². The van der Waals surface area contributed by atoms with E-state index in [4.69, 9.17) is 4.74 Å². The zero-order valence-electron chi connectivity index (χ0n) is 10.2. The van der Waals surface area contributed by atoms with E-state index in [0.717, 1.165) is 23.4 Å². The Morgan fingerprint density at radius 1 is 1.22 bits per heavy atom. The van der Waals surface area contributed by atoms with Crippen molar-refractivity contribution in [2.75, 3.05) is 13.2 Å². The number of benzene rings is 2. The van der Waals surface area contributed by atoms with Crippen LogP contribution in [0, 0.1) is 0 Å². The lowest BCUT2D eigenvalue weighted by molar-refractivity contribution is 0.276. The molecule has 1 aliphatic heterocycles. The van der Waals surface area contributed by atoms with Crippen molar-refractivity contribution < 1.29 is 4.74 Å². The van der Waals surface area contributed by atoms with Gasteiger partial charge in [-0.25, -0.2) is 0 Å². The van der Waals surface area contributed by atoms with Gasteiger partial charge in [-0.3, -0.25) is 0 Å². The van der Waals surface area contributed by atoms with Crippen molar-refractivity contribution >= 4 is 26.7 Å². The quantitative estimate of drug-likeness (QED) is 0.933. The first-order valence-corrected chi connectivity index (χ1v) is 7.17. The molecule has 2 nitrogen and oxygen atoms in total. The topological polar surface area (TPSA) is 21.3 Å². The summed E-state index contributed by atoms with van der Waals surface area (Å²) in [7, 11) is 0. The Morgan fingerprint density at radius 3 is 2.94 bits per heavy atom. The molecule has 3 heteroatoms. The summed E-state index contributed by atoms with van der Waals surface area (Å²) in [6.45, 7) is 1.86. The van der Waals surface area contributed by atoms with Crippen LogP contribution in [-0.4, -0.2) is 19.2 Å². The lowest BCUT2D eigenvalue weighted by Crippen LogP contribution is -2.28. The fraction of sp³-hybridized carbons (Fsp3) is 0.333. The molecule has 0 bridgehead atoms. The minimum absolute atomic E-state index is 0.503. The third-order valence-corrected chi connectivity index (χ3v) is 4.25. The van der Waals surface area contributed by atoms with Gasteiger partial charge in [0.05, 0.1) is 4.47 Å². The number of hydrogen-bond donors (Lipinski definition) is 1. The van der Waals surface area contributed by atoms with Gasteiger partial charge in [0.1, 0.15) is 12.4 Å². The monoisotopic (exact) mass is 305 g/mol. The Kier molecular flexibility index (Phi) is 3.52. The van der Waals surface area contributed by atoms with E-state index in [1.54, 1.807) is 0 Å². The highest BCUT2D eigenvalue weighted by Gasteiger charge is 2.15. The van der Waals surface area contributed by atoms with Gasteiger partial charge in [0.25, 0.3) is 0 Å². The second-order valence-electron chi connectivity index (χ2n) is 4.70. The predicted octanol–water partition coefficient (Wildman–Crippen LogP) is 3.73. The van der Waals surface area contributed by atoms with E-state index in [2.05, 4.69) is 51.6 Å². The normalized spacial score (nSPS) is 19.3. The molecule has 0 saturated carbocycles. The fourth-order valence-electron chi connectivity index (χ4n) is 2.41. The molecule has 0 radical (unpaired) electrons. The van der Waals surface area contributed by atoms with Gasteiger partial charge in [0.2, 0.25) is 0 Å². The van der Waals surface area contributed by atoms with Crippen LogP contribution in [0.2, 0.25) is 0 Å². The molecular formula is C15H16BrNO. The number of rotatable bonds is 3. The smallest absolute Gasteiger partial charge is 0.134 e. The van der Waals surface area contributed by atoms with Crippen molar-refractivity contribution in [1.29, 1.82) is 0 Å². The van der Waals surface area contributed by atoms with Crippen LogP contribution >= 0.6 is 15.9 Å². The Bertz CT molecular complexity index is 549. The molecule has 3 rings (SSSR count). The van der Waals surface area contributed by atoms with E-state index >= 15 is 0 Å². The number of ether oxygens (including phenoxy) is 1. The molecule has 2 aromatic carbocycles. The summed E-state index contributed by atoms with van der Waals surface area (Å²) < 4.78 is 6.97. The van der Waals surface area contributed by atoms with E-state index in [1.165, 1.54) is 23.6 Å². The molecule has 0 spiro atoms. The molecule has 1 atom stereocenters. The molecule has 1 saturated heterocycles. The van der Waals surface area contributed by atoms with Crippen molar-refractivity contribution in [2.45, 2.75) is 18.9 Å². The highest BCUT2D eigenvalue weighted by molar-refractivity contribution is 9.10. The summed E-state index contributed by atoms with van der Waals surface area (Å²) in [5.74, 6) is 0.933. The zero-order valence-corrected chi connectivity index (χ0v) is 11.7. The Labute approximate surface area is 115 Å². The van der Waals surface area contributed by atoms with Crippen LogP contribution in [0.15, 0.2) is 40.9 Å². The van der Waals surface area contributed by atoms with Gasteiger partial charge >= 0.3 is 0 Å². The number of nitrogens with one attached hydrogen (secondary N) is 1. The molecule has 1 heterocycles. The Hall–Kier alpha value is -1.06. The first-order valence-electron chi connectivity index (χ1n) is 6.38. The molecule has 0 aliphatic carbocycles. The van der Waals surface area contributed by atoms with Crippen LogP contribution in [0.3, 0.4) is 0 Å². The molecule has 1 aliphatic rings. The standard InChI is InChI=1S/C15H16BrNO/c16-15-13-6-2-1-4-11(13)7-8-14(15)18-10-12-5-3-9-17-12/h1-2,4,6-8,12,17H,3,5,9-10H2/t12-/m1/s1. The van der Waals surface area contributed by atoms with Gasteiger partial charge < -0.3 is 10.1 Å². The summed E-state index contributed by atoms with van der Waals surface area (Å²) in [4.78, 5) is 0. The van der Waals surface area contributed by atoms with Gasteiger partial charge in [-0.05, 0) is 52.2 Å². The summed E-state index contributed by atoms with van der Waals surface area (Å²) in [5.41, 5.74) is 0. The number of halogens is 1. The predicted molar refractivity (Wildman–Crippen MR) is 78.2 cm³/mol. The summed E-state index contributed by atoms with van der Waals surface area (Å²) in [5, 5.41) is 5.88. The third-order valence-electron chi connectivity index (χ3n) is 3.43. The van der Waals surface area contributed by atoms with Gasteiger partial charge in [0, 0.05) is 6.04 Å². The lowest BCUT2D eigenvalue weighted by Gasteiger charge is -2.14. The molecule has 0 unspecified atom stereocenters. The van der Waals surface area contributed by atoms with E-state index in [1.807, 2.05) is 6.07 Å².